The molecule has 0 amide bonds. The van der Waals surface area contributed by atoms with E-state index in [1.54, 1.807) is 0 Å². The molecule has 0 aromatic heterocycles. The number of nitrogens with two attached hydrogens (primary N) is 1. The first-order valence-corrected chi connectivity index (χ1v) is 7.99. The molecular weight excluding hydrogens is 291 g/mol. The van der Waals surface area contributed by atoms with Gasteiger partial charge in [0.1, 0.15) is 0 Å². The zero-order valence-corrected chi connectivity index (χ0v) is 11.5. The Kier molecular flexibility index (Phi) is 4.11. The summed E-state index contributed by atoms with van der Waals surface area (Å²) in [4.78, 5) is -0.268. The topological polar surface area (TPSA) is 60.2 Å². The summed E-state index contributed by atoms with van der Waals surface area (Å²) in [5, 5.41) is 0. The van der Waals surface area contributed by atoms with Gasteiger partial charge in [-0.05, 0) is 43.4 Å². The van der Waals surface area contributed by atoms with Gasteiger partial charge in [0.15, 0.2) is 9.84 Å². The van der Waals surface area contributed by atoms with E-state index in [4.69, 9.17) is 5.73 Å². The van der Waals surface area contributed by atoms with Gasteiger partial charge in [-0.1, -0.05) is 6.07 Å². The molecule has 20 heavy (non-hydrogen) atoms. The lowest BCUT2D eigenvalue weighted by Crippen LogP contribution is -2.37. The minimum atomic E-state index is -4.54. The van der Waals surface area contributed by atoms with Crippen LogP contribution in [0, 0.1) is 5.92 Å². The molecule has 1 aliphatic rings. The Morgan fingerprint density at radius 3 is 2.45 bits per heavy atom. The number of hydrogen-bond acceptors (Lipinski definition) is 3. The van der Waals surface area contributed by atoms with E-state index >= 15 is 0 Å². The SMILES string of the molecule is NC1CC(CCS(=O)(=O)c2cccc(C(F)(F)F)c2)C1. The molecule has 1 saturated carbocycles. The first-order valence-electron chi connectivity index (χ1n) is 6.34. The summed E-state index contributed by atoms with van der Waals surface area (Å²) in [6, 6.07) is 4.02. The summed E-state index contributed by atoms with van der Waals surface area (Å²) >= 11 is 0. The summed E-state index contributed by atoms with van der Waals surface area (Å²) < 4.78 is 61.8. The third kappa shape index (κ3) is 3.52. The van der Waals surface area contributed by atoms with Gasteiger partial charge in [-0.25, -0.2) is 8.42 Å². The lowest BCUT2D eigenvalue weighted by molar-refractivity contribution is -0.137. The Hall–Kier alpha value is -1.08. The molecule has 0 radical (unpaired) electrons. The summed E-state index contributed by atoms with van der Waals surface area (Å²) in [6.45, 7) is 0. The largest absolute Gasteiger partial charge is 0.416 e. The molecule has 1 aromatic carbocycles. The van der Waals surface area contributed by atoms with E-state index in [0.29, 0.717) is 12.5 Å². The van der Waals surface area contributed by atoms with Crippen molar-refractivity contribution in [3.05, 3.63) is 29.8 Å². The van der Waals surface area contributed by atoms with Gasteiger partial charge in [0.2, 0.25) is 0 Å². The molecule has 0 unspecified atom stereocenters. The Morgan fingerprint density at radius 2 is 1.90 bits per heavy atom. The van der Waals surface area contributed by atoms with E-state index in [1.165, 1.54) is 6.07 Å². The number of alkyl halides is 3. The van der Waals surface area contributed by atoms with Crippen molar-refractivity contribution in [2.24, 2.45) is 11.7 Å². The monoisotopic (exact) mass is 307 g/mol. The molecule has 1 aromatic rings. The van der Waals surface area contributed by atoms with E-state index in [-0.39, 0.29) is 22.6 Å². The normalized spacial score (nSPS) is 23.4. The standard InChI is InChI=1S/C13H16F3NO2S/c14-13(15,16)10-2-1-3-12(8-10)20(18,19)5-4-9-6-11(17)7-9/h1-3,8-9,11H,4-7,17H2. The van der Waals surface area contributed by atoms with Crippen molar-refractivity contribution in [2.75, 3.05) is 5.75 Å². The minimum absolute atomic E-state index is 0.133. The fraction of sp³-hybridized carbons (Fsp3) is 0.538. The van der Waals surface area contributed by atoms with Gasteiger partial charge in [0.25, 0.3) is 0 Å². The van der Waals surface area contributed by atoms with Crippen molar-refractivity contribution in [1.29, 1.82) is 0 Å². The average molecular weight is 307 g/mol. The molecule has 0 bridgehead atoms. The molecule has 3 nitrogen and oxygen atoms in total. The van der Waals surface area contributed by atoms with Gasteiger partial charge in [0.05, 0.1) is 16.2 Å². The van der Waals surface area contributed by atoms with Crippen LogP contribution >= 0.6 is 0 Å². The van der Waals surface area contributed by atoms with Gasteiger partial charge in [0, 0.05) is 6.04 Å². The molecule has 0 spiro atoms. The maximum absolute atomic E-state index is 12.6. The number of hydrogen-bond donors (Lipinski definition) is 1. The van der Waals surface area contributed by atoms with Gasteiger partial charge < -0.3 is 5.73 Å². The average Bonchev–Trinajstić information content (AvgIpc) is 2.32. The maximum atomic E-state index is 12.6. The van der Waals surface area contributed by atoms with Crippen molar-refractivity contribution in [1.82, 2.24) is 0 Å². The van der Waals surface area contributed by atoms with E-state index in [1.807, 2.05) is 0 Å². The lowest BCUT2D eigenvalue weighted by atomic mass is 9.79. The fourth-order valence-electron chi connectivity index (χ4n) is 2.33. The van der Waals surface area contributed by atoms with Crippen molar-refractivity contribution in [3.63, 3.8) is 0 Å². The zero-order valence-electron chi connectivity index (χ0n) is 10.7. The highest BCUT2D eigenvalue weighted by molar-refractivity contribution is 7.91. The van der Waals surface area contributed by atoms with E-state index in [0.717, 1.165) is 25.0 Å². The fourth-order valence-corrected chi connectivity index (χ4v) is 3.80. The molecule has 1 fully saturated rings. The summed E-state index contributed by atoms with van der Waals surface area (Å²) in [6.07, 6.45) is -2.51. The van der Waals surface area contributed by atoms with Crippen LogP contribution in [0.15, 0.2) is 29.2 Å². The van der Waals surface area contributed by atoms with Crippen LogP contribution in [0.3, 0.4) is 0 Å². The molecule has 0 aliphatic heterocycles. The smallest absolute Gasteiger partial charge is 0.328 e. The third-order valence-corrected chi connectivity index (χ3v) is 5.33. The number of rotatable bonds is 4. The first kappa shape index (κ1) is 15.3. The Balaban J connectivity index is 2.09. The van der Waals surface area contributed by atoms with Gasteiger partial charge in [-0.3, -0.25) is 0 Å². The minimum Gasteiger partial charge on any atom is -0.328 e. The third-order valence-electron chi connectivity index (χ3n) is 3.59. The molecule has 1 aliphatic carbocycles. The van der Waals surface area contributed by atoms with Crippen LogP contribution in [0.25, 0.3) is 0 Å². The molecule has 7 heteroatoms. The Morgan fingerprint density at radius 1 is 1.25 bits per heavy atom. The molecule has 112 valence electrons. The van der Waals surface area contributed by atoms with Crippen LogP contribution in [0.2, 0.25) is 0 Å². The second-order valence-electron chi connectivity index (χ2n) is 5.23. The zero-order chi connectivity index (χ0) is 15.0. The summed E-state index contributed by atoms with van der Waals surface area (Å²) in [5.74, 6) is 0.136. The van der Waals surface area contributed by atoms with Crippen LogP contribution in [-0.2, 0) is 16.0 Å². The van der Waals surface area contributed by atoms with Gasteiger partial charge in [-0.15, -0.1) is 0 Å². The van der Waals surface area contributed by atoms with Crippen LogP contribution in [-0.4, -0.2) is 20.2 Å². The van der Waals surface area contributed by atoms with Crippen molar-refractivity contribution >= 4 is 9.84 Å². The second kappa shape index (κ2) is 5.37. The van der Waals surface area contributed by atoms with Crippen LogP contribution in [0.1, 0.15) is 24.8 Å². The van der Waals surface area contributed by atoms with E-state index in [2.05, 4.69) is 0 Å². The molecule has 0 heterocycles. The molecule has 0 saturated heterocycles. The summed E-state index contributed by atoms with van der Waals surface area (Å²) in [7, 11) is -3.67. The lowest BCUT2D eigenvalue weighted by Gasteiger charge is -2.32. The number of sulfone groups is 1. The highest BCUT2D eigenvalue weighted by Crippen LogP contribution is 2.32. The highest BCUT2D eigenvalue weighted by Gasteiger charge is 2.32. The Bertz CT molecular complexity index is 578. The Labute approximate surface area is 115 Å². The molecule has 0 atom stereocenters. The van der Waals surface area contributed by atoms with Crippen LogP contribution < -0.4 is 5.73 Å². The number of benzene rings is 1. The van der Waals surface area contributed by atoms with E-state index < -0.39 is 21.6 Å². The van der Waals surface area contributed by atoms with E-state index in [9.17, 15) is 21.6 Å². The highest BCUT2D eigenvalue weighted by atomic mass is 32.2. The number of halogens is 3. The van der Waals surface area contributed by atoms with Crippen molar-refractivity contribution in [2.45, 2.75) is 36.4 Å². The van der Waals surface area contributed by atoms with Gasteiger partial charge in [-0.2, -0.15) is 13.2 Å². The predicted molar refractivity (Wildman–Crippen MR) is 68.8 cm³/mol. The van der Waals surface area contributed by atoms with Crippen molar-refractivity contribution < 1.29 is 21.6 Å². The first-order chi connectivity index (χ1) is 9.18. The summed E-state index contributed by atoms with van der Waals surface area (Å²) in [5.41, 5.74) is 4.67. The van der Waals surface area contributed by atoms with Crippen LogP contribution in [0.5, 0.6) is 0 Å². The van der Waals surface area contributed by atoms with Gasteiger partial charge >= 0.3 is 6.18 Å². The maximum Gasteiger partial charge on any atom is 0.416 e. The van der Waals surface area contributed by atoms with Crippen LogP contribution in [0.4, 0.5) is 13.2 Å². The van der Waals surface area contributed by atoms with Crippen molar-refractivity contribution in [3.8, 4) is 0 Å². The second-order valence-corrected chi connectivity index (χ2v) is 7.34. The predicted octanol–water partition coefficient (Wildman–Crippen LogP) is 2.61. The molecule has 2 N–H and O–H groups in total. The molecule has 2 rings (SSSR count). The quantitative estimate of drug-likeness (QED) is 0.930. The molecular formula is C13H16F3NO2S.